The summed E-state index contributed by atoms with van der Waals surface area (Å²) >= 11 is 6.76. The van der Waals surface area contributed by atoms with Crippen LogP contribution in [0, 0.1) is 22.7 Å². The van der Waals surface area contributed by atoms with E-state index in [2.05, 4.69) is 26.5 Å². The maximum Gasteiger partial charge on any atom is 0.162 e. The molecule has 142 valence electrons. The van der Waals surface area contributed by atoms with Crippen LogP contribution in [0.25, 0.3) is 0 Å². The summed E-state index contributed by atoms with van der Waals surface area (Å²) in [4.78, 5) is 0. The highest BCUT2D eigenvalue weighted by Crippen LogP contribution is 2.64. The summed E-state index contributed by atoms with van der Waals surface area (Å²) in [5, 5.41) is 31.4. The maximum atomic E-state index is 11.0. The summed E-state index contributed by atoms with van der Waals surface area (Å²) < 4.78 is 5.48. The van der Waals surface area contributed by atoms with Gasteiger partial charge in [0.25, 0.3) is 0 Å². The molecule has 0 aromatic rings. The lowest BCUT2D eigenvalue weighted by molar-refractivity contribution is -0.183. The summed E-state index contributed by atoms with van der Waals surface area (Å²) in [5.74, 6) is -0.0653. The van der Waals surface area contributed by atoms with Crippen LogP contribution in [0.2, 0.25) is 0 Å². The van der Waals surface area contributed by atoms with E-state index < -0.39 is 23.9 Å². The maximum absolute atomic E-state index is 11.0. The minimum absolute atomic E-state index is 0.119. The SMILES string of the molecule is C=C(C)[C@@H](O)CC[C@]1(C)[C@@H](Cl)C[C@H](O)[C@]2(C)[C@@H]3C(=CC[C@@H]12)CO[C@H]3O. The zero-order chi connectivity index (χ0) is 18.6. The number of rotatable bonds is 4. The molecule has 3 aliphatic rings. The second kappa shape index (κ2) is 6.65. The molecule has 0 unspecified atom stereocenters. The fourth-order valence-electron chi connectivity index (χ4n) is 5.56. The predicted molar refractivity (Wildman–Crippen MR) is 98.2 cm³/mol. The van der Waals surface area contributed by atoms with Gasteiger partial charge in [0.2, 0.25) is 0 Å². The Kier molecular flexibility index (Phi) is 5.15. The second-order valence-electron chi connectivity index (χ2n) is 8.74. The lowest BCUT2D eigenvalue weighted by atomic mass is 9.46. The first kappa shape index (κ1) is 19.4. The van der Waals surface area contributed by atoms with Gasteiger partial charge in [0, 0.05) is 16.7 Å². The molecule has 0 aromatic carbocycles. The van der Waals surface area contributed by atoms with E-state index in [9.17, 15) is 15.3 Å². The van der Waals surface area contributed by atoms with Gasteiger partial charge in [-0.25, -0.2) is 0 Å². The molecule has 1 saturated carbocycles. The zero-order valence-electron chi connectivity index (χ0n) is 15.4. The number of allylic oxidation sites excluding steroid dienone is 1. The van der Waals surface area contributed by atoms with E-state index in [0.29, 0.717) is 19.4 Å². The van der Waals surface area contributed by atoms with Crippen molar-refractivity contribution in [1.82, 2.24) is 0 Å². The number of alkyl halides is 1. The Hall–Kier alpha value is -0.390. The number of fused-ring (bicyclic) bond motifs is 3. The first-order chi connectivity index (χ1) is 11.6. The Labute approximate surface area is 155 Å². The quantitative estimate of drug-likeness (QED) is 0.525. The minimum Gasteiger partial charge on any atom is -0.392 e. The average Bonchev–Trinajstić information content (AvgIpc) is 2.93. The van der Waals surface area contributed by atoms with Gasteiger partial charge in [0.15, 0.2) is 6.29 Å². The second-order valence-corrected chi connectivity index (χ2v) is 9.27. The van der Waals surface area contributed by atoms with Crippen LogP contribution < -0.4 is 0 Å². The molecule has 8 atom stereocenters. The van der Waals surface area contributed by atoms with Crippen LogP contribution in [0.1, 0.15) is 46.5 Å². The molecule has 0 aromatic heterocycles. The fraction of sp³-hybridized carbons (Fsp3) is 0.800. The van der Waals surface area contributed by atoms with Gasteiger partial charge in [-0.1, -0.05) is 32.1 Å². The van der Waals surface area contributed by atoms with Crippen molar-refractivity contribution in [1.29, 1.82) is 0 Å². The van der Waals surface area contributed by atoms with E-state index >= 15 is 0 Å². The Balaban J connectivity index is 1.94. The number of aliphatic hydroxyl groups is 3. The molecule has 5 heteroatoms. The third kappa shape index (κ3) is 2.90. The molecule has 1 heterocycles. The summed E-state index contributed by atoms with van der Waals surface area (Å²) in [6.07, 6.45) is 2.86. The molecule has 2 fully saturated rings. The molecule has 3 N–H and O–H groups in total. The number of hydrogen-bond donors (Lipinski definition) is 3. The first-order valence-electron chi connectivity index (χ1n) is 9.26. The lowest BCUT2D eigenvalue weighted by Gasteiger charge is -2.60. The van der Waals surface area contributed by atoms with Crippen molar-refractivity contribution in [2.24, 2.45) is 22.7 Å². The molecular formula is C20H31ClO4. The van der Waals surface area contributed by atoms with Crippen molar-refractivity contribution in [2.45, 2.75) is 70.3 Å². The number of halogens is 1. The van der Waals surface area contributed by atoms with E-state index in [-0.39, 0.29) is 22.6 Å². The Morgan fingerprint density at radius 2 is 2.12 bits per heavy atom. The van der Waals surface area contributed by atoms with E-state index in [1.54, 1.807) is 0 Å². The van der Waals surface area contributed by atoms with Crippen molar-refractivity contribution < 1.29 is 20.1 Å². The molecule has 0 amide bonds. The van der Waals surface area contributed by atoms with Crippen LogP contribution >= 0.6 is 11.6 Å². The fourth-order valence-corrected chi connectivity index (χ4v) is 5.99. The lowest BCUT2D eigenvalue weighted by Crippen LogP contribution is -2.61. The highest BCUT2D eigenvalue weighted by atomic mass is 35.5. The highest BCUT2D eigenvalue weighted by Gasteiger charge is 2.63. The third-order valence-electron chi connectivity index (χ3n) is 7.33. The molecule has 25 heavy (non-hydrogen) atoms. The molecular weight excluding hydrogens is 340 g/mol. The van der Waals surface area contributed by atoms with Gasteiger partial charge >= 0.3 is 0 Å². The van der Waals surface area contributed by atoms with E-state index in [1.165, 1.54) is 0 Å². The first-order valence-corrected chi connectivity index (χ1v) is 9.70. The van der Waals surface area contributed by atoms with Crippen LogP contribution in [0.15, 0.2) is 23.8 Å². The highest BCUT2D eigenvalue weighted by molar-refractivity contribution is 6.21. The van der Waals surface area contributed by atoms with Crippen molar-refractivity contribution >= 4 is 11.6 Å². The van der Waals surface area contributed by atoms with E-state index in [0.717, 1.165) is 24.0 Å². The molecule has 0 bridgehead atoms. The molecule has 0 radical (unpaired) electrons. The Bertz CT molecular complexity index is 576. The molecule has 1 saturated heterocycles. The average molecular weight is 371 g/mol. The molecule has 2 aliphatic carbocycles. The number of hydrogen-bond acceptors (Lipinski definition) is 4. The van der Waals surface area contributed by atoms with E-state index in [4.69, 9.17) is 16.3 Å². The van der Waals surface area contributed by atoms with Gasteiger partial charge in [-0.05, 0) is 49.5 Å². The predicted octanol–water partition coefficient (Wildman–Crippen LogP) is 3.00. The standard InChI is InChI=1S/C20H31ClO4/c1-11(2)13(22)7-8-19(3)14-6-5-12-10-25-18(24)17(12)20(14,4)16(23)9-15(19)21/h5,13-18,22-24H,1,6-10H2,2-4H3/t13-,14-,15-,16-,17+,18+,19-,20+/m0/s1. The number of ether oxygens (including phenoxy) is 1. The normalized spacial score (nSPS) is 47.6. The van der Waals surface area contributed by atoms with E-state index in [1.807, 2.05) is 6.92 Å². The topological polar surface area (TPSA) is 69.9 Å². The van der Waals surface area contributed by atoms with Gasteiger partial charge in [0.05, 0.1) is 18.8 Å². The molecule has 0 spiro atoms. The minimum atomic E-state index is -0.870. The third-order valence-corrected chi connectivity index (χ3v) is 8.00. The Morgan fingerprint density at radius 3 is 2.76 bits per heavy atom. The van der Waals surface area contributed by atoms with Crippen LogP contribution in [0.5, 0.6) is 0 Å². The summed E-state index contributed by atoms with van der Waals surface area (Å²) in [6.45, 7) is 10.4. The van der Waals surface area contributed by atoms with Crippen LogP contribution in [-0.4, -0.2) is 45.8 Å². The number of aliphatic hydroxyl groups excluding tert-OH is 3. The van der Waals surface area contributed by atoms with Gasteiger partial charge < -0.3 is 20.1 Å². The summed E-state index contributed by atoms with van der Waals surface area (Å²) in [7, 11) is 0. The van der Waals surface area contributed by atoms with Crippen molar-refractivity contribution in [3.05, 3.63) is 23.8 Å². The smallest absolute Gasteiger partial charge is 0.162 e. The van der Waals surface area contributed by atoms with Gasteiger partial charge in [0.1, 0.15) is 0 Å². The van der Waals surface area contributed by atoms with Crippen molar-refractivity contribution in [3.63, 3.8) is 0 Å². The van der Waals surface area contributed by atoms with Crippen LogP contribution in [0.4, 0.5) is 0 Å². The molecule has 3 rings (SSSR count). The zero-order valence-corrected chi connectivity index (χ0v) is 16.2. The van der Waals surface area contributed by atoms with Gasteiger partial charge in [-0.15, -0.1) is 11.6 Å². The summed E-state index contributed by atoms with van der Waals surface area (Å²) in [5.41, 5.74) is 1.14. The van der Waals surface area contributed by atoms with Crippen molar-refractivity contribution in [3.8, 4) is 0 Å². The van der Waals surface area contributed by atoms with Gasteiger partial charge in [-0.2, -0.15) is 0 Å². The Morgan fingerprint density at radius 1 is 1.44 bits per heavy atom. The summed E-state index contributed by atoms with van der Waals surface area (Å²) in [6, 6.07) is 0. The molecule has 1 aliphatic heterocycles. The van der Waals surface area contributed by atoms with Crippen molar-refractivity contribution in [2.75, 3.05) is 6.61 Å². The van der Waals surface area contributed by atoms with Gasteiger partial charge in [-0.3, -0.25) is 0 Å². The monoisotopic (exact) mass is 370 g/mol. The van der Waals surface area contributed by atoms with Crippen LogP contribution in [0.3, 0.4) is 0 Å². The largest absolute Gasteiger partial charge is 0.392 e. The molecule has 4 nitrogen and oxygen atoms in total. The van der Waals surface area contributed by atoms with Crippen LogP contribution in [-0.2, 0) is 4.74 Å².